The lowest BCUT2D eigenvalue weighted by atomic mass is 10.1. The summed E-state index contributed by atoms with van der Waals surface area (Å²) in [5.74, 6) is 0.0543. The number of rotatable bonds is 6. The van der Waals surface area contributed by atoms with Crippen molar-refractivity contribution in [1.29, 1.82) is 0 Å². The minimum absolute atomic E-state index is 0.154. The van der Waals surface area contributed by atoms with Crippen LogP contribution in [0.2, 0.25) is 0 Å². The second-order valence-corrected chi connectivity index (χ2v) is 5.00. The van der Waals surface area contributed by atoms with Crippen LogP contribution >= 0.6 is 0 Å². The lowest BCUT2D eigenvalue weighted by Crippen LogP contribution is -2.42. The number of carbonyl (C=O) groups is 1. The van der Waals surface area contributed by atoms with Gasteiger partial charge in [0.2, 0.25) is 5.91 Å². The minimum Gasteiger partial charge on any atom is -0.508 e. The van der Waals surface area contributed by atoms with Gasteiger partial charge in [-0.15, -0.1) is 0 Å². The Labute approximate surface area is 124 Å². The fraction of sp³-hybridized carbons (Fsp3) is 0.235. The third-order valence-electron chi connectivity index (χ3n) is 3.28. The molecule has 1 unspecified atom stereocenters. The highest BCUT2D eigenvalue weighted by atomic mass is 16.3. The van der Waals surface area contributed by atoms with Gasteiger partial charge in [-0.25, -0.2) is 0 Å². The molecule has 110 valence electrons. The first kappa shape index (κ1) is 15.1. The van der Waals surface area contributed by atoms with Crippen LogP contribution in [0.25, 0.3) is 0 Å². The van der Waals surface area contributed by atoms with Crippen molar-refractivity contribution in [3.63, 3.8) is 0 Å². The molecule has 0 aliphatic rings. The molecule has 1 amide bonds. The number of aromatic hydroxyl groups is 1. The van der Waals surface area contributed by atoms with Crippen LogP contribution in [0.1, 0.15) is 11.1 Å². The molecule has 4 nitrogen and oxygen atoms in total. The molecule has 0 spiro atoms. The number of phenols is 1. The van der Waals surface area contributed by atoms with Crippen LogP contribution in [0.5, 0.6) is 5.75 Å². The Morgan fingerprint density at radius 2 is 1.71 bits per heavy atom. The van der Waals surface area contributed by atoms with E-state index in [0.29, 0.717) is 13.0 Å². The normalized spacial score (nSPS) is 11.9. The number of nitrogens with two attached hydrogens (primary N) is 1. The predicted molar refractivity (Wildman–Crippen MR) is 82.9 cm³/mol. The van der Waals surface area contributed by atoms with Crippen LogP contribution in [-0.4, -0.2) is 23.6 Å². The second-order valence-electron chi connectivity index (χ2n) is 5.00. The molecule has 4 N–H and O–H groups in total. The van der Waals surface area contributed by atoms with Crippen LogP contribution in [0.3, 0.4) is 0 Å². The molecule has 21 heavy (non-hydrogen) atoms. The van der Waals surface area contributed by atoms with Gasteiger partial charge in [-0.05, 0) is 36.1 Å². The Morgan fingerprint density at radius 1 is 1.05 bits per heavy atom. The maximum absolute atomic E-state index is 11.9. The van der Waals surface area contributed by atoms with Crippen LogP contribution in [-0.2, 0) is 17.6 Å². The Hall–Kier alpha value is -2.33. The first-order valence-corrected chi connectivity index (χ1v) is 7.00. The van der Waals surface area contributed by atoms with Crippen molar-refractivity contribution in [2.45, 2.75) is 18.9 Å². The van der Waals surface area contributed by atoms with Gasteiger partial charge in [0.25, 0.3) is 0 Å². The summed E-state index contributed by atoms with van der Waals surface area (Å²) >= 11 is 0. The summed E-state index contributed by atoms with van der Waals surface area (Å²) in [7, 11) is 0. The summed E-state index contributed by atoms with van der Waals surface area (Å²) in [5, 5.41) is 12.1. The molecule has 0 aromatic heterocycles. The highest BCUT2D eigenvalue weighted by Gasteiger charge is 2.13. The predicted octanol–water partition coefficient (Wildman–Crippen LogP) is 1.62. The topological polar surface area (TPSA) is 75.3 Å². The lowest BCUT2D eigenvalue weighted by molar-refractivity contribution is -0.122. The van der Waals surface area contributed by atoms with E-state index >= 15 is 0 Å². The van der Waals surface area contributed by atoms with E-state index in [1.165, 1.54) is 5.56 Å². The van der Waals surface area contributed by atoms with E-state index in [9.17, 15) is 9.90 Å². The molecule has 1 atom stereocenters. The molecule has 2 aromatic rings. The fourth-order valence-electron chi connectivity index (χ4n) is 2.08. The van der Waals surface area contributed by atoms with E-state index in [0.717, 1.165) is 12.0 Å². The number of nitrogens with one attached hydrogen (secondary N) is 1. The van der Waals surface area contributed by atoms with Gasteiger partial charge in [-0.2, -0.15) is 0 Å². The summed E-state index contributed by atoms with van der Waals surface area (Å²) < 4.78 is 0. The monoisotopic (exact) mass is 284 g/mol. The number of amides is 1. The Kier molecular flexibility index (Phi) is 5.35. The van der Waals surface area contributed by atoms with Crippen LogP contribution < -0.4 is 11.1 Å². The summed E-state index contributed by atoms with van der Waals surface area (Å²) in [6.07, 6.45) is 1.25. The van der Waals surface area contributed by atoms with Gasteiger partial charge in [-0.3, -0.25) is 4.79 Å². The Morgan fingerprint density at radius 3 is 2.38 bits per heavy atom. The van der Waals surface area contributed by atoms with Crippen LogP contribution in [0, 0.1) is 0 Å². The number of carbonyl (C=O) groups excluding carboxylic acids is 1. The molecule has 0 heterocycles. The van der Waals surface area contributed by atoms with Crippen LogP contribution in [0.15, 0.2) is 54.6 Å². The Bertz CT molecular complexity index is 567. The maximum Gasteiger partial charge on any atom is 0.237 e. The first-order valence-electron chi connectivity index (χ1n) is 7.00. The first-order chi connectivity index (χ1) is 10.1. The van der Waals surface area contributed by atoms with Crippen molar-refractivity contribution in [3.8, 4) is 5.75 Å². The number of benzene rings is 2. The molecule has 0 fully saturated rings. The number of hydrogen-bond donors (Lipinski definition) is 3. The SMILES string of the molecule is NC(Cc1ccc(O)cc1)C(=O)NCCc1ccccc1. The molecule has 2 rings (SSSR count). The van der Waals surface area contributed by atoms with E-state index in [1.54, 1.807) is 24.3 Å². The molecule has 0 radical (unpaired) electrons. The van der Waals surface area contributed by atoms with Gasteiger partial charge in [-0.1, -0.05) is 42.5 Å². The van der Waals surface area contributed by atoms with E-state index in [4.69, 9.17) is 5.73 Å². The third kappa shape index (κ3) is 4.93. The smallest absolute Gasteiger partial charge is 0.237 e. The Balaban J connectivity index is 1.76. The number of phenolic OH excluding ortho intramolecular Hbond substituents is 1. The van der Waals surface area contributed by atoms with E-state index < -0.39 is 6.04 Å². The zero-order chi connectivity index (χ0) is 15.1. The van der Waals surface area contributed by atoms with Crippen LogP contribution in [0.4, 0.5) is 0 Å². The van der Waals surface area contributed by atoms with Crippen molar-refractivity contribution in [3.05, 3.63) is 65.7 Å². The van der Waals surface area contributed by atoms with Gasteiger partial charge in [0.05, 0.1) is 6.04 Å². The van der Waals surface area contributed by atoms with Gasteiger partial charge in [0.15, 0.2) is 0 Å². The molecule has 0 saturated carbocycles. The maximum atomic E-state index is 11.9. The van der Waals surface area contributed by atoms with Gasteiger partial charge >= 0.3 is 0 Å². The summed E-state index contributed by atoms with van der Waals surface area (Å²) in [4.78, 5) is 11.9. The zero-order valence-corrected chi connectivity index (χ0v) is 11.8. The highest BCUT2D eigenvalue weighted by Crippen LogP contribution is 2.10. The van der Waals surface area contributed by atoms with Crippen molar-refractivity contribution in [2.75, 3.05) is 6.54 Å². The summed E-state index contributed by atoms with van der Waals surface area (Å²) in [6, 6.07) is 16.1. The molecular weight excluding hydrogens is 264 g/mol. The molecule has 0 aliphatic carbocycles. The van der Waals surface area contributed by atoms with Gasteiger partial charge < -0.3 is 16.2 Å². The van der Waals surface area contributed by atoms with E-state index in [1.807, 2.05) is 30.3 Å². The number of hydrogen-bond acceptors (Lipinski definition) is 3. The molecule has 0 aliphatic heterocycles. The van der Waals surface area contributed by atoms with E-state index in [2.05, 4.69) is 5.32 Å². The van der Waals surface area contributed by atoms with Crippen molar-refractivity contribution >= 4 is 5.91 Å². The second kappa shape index (κ2) is 7.45. The molecule has 4 heteroatoms. The van der Waals surface area contributed by atoms with E-state index in [-0.39, 0.29) is 11.7 Å². The summed E-state index contributed by atoms with van der Waals surface area (Å²) in [6.45, 7) is 0.576. The van der Waals surface area contributed by atoms with Crippen molar-refractivity contribution in [1.82, 2.24) is 5.32 Å². The lowest BCUT2D eigenvalue weighted by Gasteiger charge is -2.12. The summed E-state index contributed by atoms with van der Waals surface area (Å²) in [5.41, 5.74) is 8.01. The minimum atomic E-state index is -0.578. The van der Waals surface area contributed by atoms with Crippen molar-refractivity contribution < 1.29 is 9.90 Å². The molecule has 2 aromatic carbocycles. The fourth-order valence-corrected chi connectivity index (χ4v) is 2.08. The molecule has 0 bridgehead atoms. The molecular formula is C17H20N2O2. The zero-order valence-electron chi connectivity index (χ0n) is 11.8. The molecule has 0 saturated heterocycles. The van der Waals surface area contributed by atoms with Gasteiger partial charge in [0, 0.05) is 6.54 Å². The highest BCUT2D eigenvalue weighted by molar-refractivity contribution is 5.81. The largest absolute Gasteiger partial charge is 0.508 e. The van der Waals surface area contributed by atoms with Crippen molar-refractivity contribution in [2.24, 2.45) is 5.73 Å². The third-order valence-corrected chi connectivity index (χ3v) is 3.28. The standard InChI is InChI=1S/C17H20N2O2/c18-16(12-14-6-8-15(20)9-7-14)17(21)19-11-10-13-4-2-1-3-5-13/h1-9,16,20H,10-12,18H2,(H,19,21). The van der Waals surface area contributed by atoms with Gasteiger partial charge in [0.1, 0.15) is 5.75 Å². The average Bonchev–Trinajstić information content (AvgIpc) is 2.50. The average molecular weight is 284 g/mol. The quantitative estimate of drug-likeness (QED) is 0.754.